The summed E-state index contributed by atoms with van der Waals surface area (Å²) < 4.78 is 0. The van der Waals surface area contributed by atoms with Crippen molar-refractivity contribution in [2.24, 2.45) is 0 Å². The number of amides is 2. The molecule has 0 aliphatic carbocycles. The predicted octanol–water partition coefficient (Wildman–Crippen LogP) is 4.14. The Morgan fingerprint density at radius 2 is 1.26 bits per heavy atom. The first-order chi connectivity index (χ1) is 13.2. The average molecular weight is 353 g/mol. The number of hydrogen-bond donors (Lipinski definition) is 0. The zero-order valence-electron chi connectivity index (χ0n) is 14.3. The number of anilines is 1. The van der Waals surface area contributed by atoms with Crippen LogP contribution in [0.1, 0.15) is 26.3 Å². The molecule has 4 rings (SSSR count). The van der Waals surface area contributed by atoms with Crippen molar-refractivity contribution in [3.05, 3.63) is 108 Å². The second-order valence-electron chi connectivity index (χ2n) is 6.12. The van der Waals surface area contributed by atoms with Gasteiger partial charge in [-0.2, -0.15) is 0 Å². The monoisotopic (exact) mass is 353 g/mol. The summed E-state index contributed by atoms with van der Waals surface area (Å²) in [5, 5.41) is 0. The van der Waals surface area contributed by atoms with Gasteiger partial charge in [-0.3, -0.25) is 14.4 Å². The number of allylic oxidation sites excluding steroid dienone is 1. The van der Waals surface area contributed by atoms with Crippen LogP contribution in [0.25, 0.3) is 5.57 Å². The molecule has 130 valence electrons. The fourth-order valence-corrected chi connectivity index (χ4v) is 3.11. The minimum Gasteiger partial charge on any atom is -0.289 e. The first-order valence-electron chi connectivity index (χ1n) is 8.51. The summed E-state index contributed by atoms with van der Waals surface area (Å²) in [7, 11) is 0. The van der Waals surface area contributed by atoms with Crippen LogP contribution in [0, 0.1) is 0 Å². The third kappa shape index (κ3) is 2.98. The molecule has 1 heterocycles. The minimum absolute atomic E-state index is 0.226. The number of para-hydroxylation sites is 1. The van der Waals surface area contributed by atoms with Crippen molar-refractivity contribution in [2.45, 2.75) is 0 Å². The number of carbonyl (C=O) groups is 3. The second kappa shape index (κ2) is 6.84. The van der Waals surface area contributed by atoms with E-state index in [0.717, 1.165) is 4.90 Å². The lowest BCUT2D eigenvalue weighted by Crippen LogP contribution is -2.33. The minimum atomic E-state index is -0.491. The van der Waals surface area contributed by atoms with Crippen molar-refractivity contribution >= 4 is 28.9 Å². The third-order valence-electron chi connectivity index (χ3n) is 4.43. The van der Waals surface area contributed by atoms with Gasteiger partial charge in [0.1, 0.15) is 0 Å². The van der Waals surface area contributed by atoms with E-state index in [1.807, 2.05) is 6.07 Å². The number of fused-ring (bicyclic) bond motifs is 1. The van der Waals surface area contributed by atoms with E-state index in [2.05, 4.69) is 0 Å². The van der Waals surface area contributed by atoms with Gasteiger partial charge >= 0.3 is 0 Å². The molecule has 1 aliphatic rings. The molecule has 3 aromatic carbocycles. The maximum atomic E-state index is 13.0. The first-order valence-corrected chi connectivity index (χ1v) is 8.51. The fraction of sp³-hybridized carbons (Fsp3) is 0. The molecule has 0 aromatic heterocycles. The van der Waals surface area contributed by atoms with E-state index in [9.17, 15) is 14.4 Å². The van der Waals surface area contributed by atoms with E-state index in [0.29, 0.717) is 22.4 Å². The molecule has 1 aliphatic heterocycles. The number of nitrogens with zero attached hydrogens (tertiary/aromatic N) is 1. The third-order valence-corrected chi connectivity index (χ3v) is 4.43. The van der Waals surface area contributed by atoms with Gasteiger partial charge in [-0.25, -0.2) is 4.90 Å². The zero-order valence-corrected chi connectivity index (χ0v) is 14.3. The van der Waals surface area contributed by atoms with Crippen molar-refractivity contribution in [3.63, 3.8) is 0 Å². The Bertz CT molecular complexity index is 1070. The highest BCUT2D eigenvalue weighted by molar-refractivity contribution is 6.43. The van der Waals surface area contributed by atoms with Gasteiger partial charge in [-0.05, 0) is 24.3 Å². The predicted molar refractivity (Wildman–Crippen MR) is 103 cm³/mol. The maximum Gasteiger partial charge on any atom is 0.266 e. The summed E-state index contributed by atoms with van der Waals surface area (Å²) in [5.74, 6) is -1.18. The Labute approximate surface area is 156 Å². The number of hydrogen-bond acceptors (Lipinski definition) is 3. The Morgan fingerprint density at radius 1 is 0.704 bits per heavy atom. The van der Waals surface area contributed by atoms with Crippen molar-refractivity contribution in [1.29, 1.82) is 0 Å². The molecule has 0 N–H and O–H groups in total. The molecule has 2 amide bonds. The summed E-state index contributed by atoms with van der Waals surface area (Å²) >= 11 is 0. The smallest absolute Gasteiger partial charge is 0.266 e. The quantitative estimate of drug-likeness (QED) is 0.404. The van der Waals surface area contributed by atoms with Gasteiger partial charge < -0.3 is 0 Å². The Hall–Kier alpha value is -3.79. The number of benzene rings is 3. The van der Waals surface area contributed by atoms with Crippen LogP contribution in [-0.2, 0) is 4.79 Å². The van der Waals surface area contributed by atoms with Crippen LogP contribution in [-0.4, -0.2) is 17.6 Å². The highest BCUT2D eigenvalue weighted by atomic mass is 16.2. The molecule has 0 fully saturated rings. The summed E-state index contributed by atoms with van der Waals surface area (Å²) in [4.78, 5) is 39.6. The van der Waals surface area contributed by atoms with Crippen LogP contribution in [0.15, 0.2) is 91.0 Å². The number of ketones is 1. The van der Waals surface area contributed by atoms with Crippen molar-refractivity contribution in [2.75, 3.05) is 4.90 Å². The second-order valence-corrected chi connectivity index (χ2v) is 6.12. The van der Waals surface area contributed by atoms with E-state index >= 15 is 0 Å². The lowest BCUT2D eigenvalue weighted by atomic mass is 10.0. The van der Waals surface area contributed by atoms with E-state index in [4.69, 9.17) is 0 Å². The standard InChI is InChI=1S/C23H15NO3/c25-21(16-9-3-1-4-10-16)15-19-18-13-7-8-14-20(18)24(23(19)27)22(26)17-11-5-2-6-12-17/h1-15H/b19-15+. The van der Waals surface area contributed by atoms with Gasteiger partial charge in [0.05, 0.1) is 11.3 Å². The van der Waals surface area contributed by atoms with Crippen LogP contribution in [0.2, 0.25) is 0 Å². The highest BCUT2D eigenvalue weighted by Gasteiger charge is 2.37. The number of imide groups is 1. The number of rotatable bonds is 3. The largest absolute Gasteiger partial charge is 0.289 e. The van der Waals surface area contributed by atoms with E-state index in [-0.39, 0.29) is 11.4 Å². The van der Waals surface area contributed by atoms with Gasteiger partial charge in [0, 0.05) is 16.7 Å². The summed E-state index contributed by atoms with van der Waals surface area (Å²) in [6.07, 6.45) is 1.31. The summed E-state index contributed by atoms with van der Waals surface area (Å²) in [5.41, 5.74) is 2.20. The Kier molecular flexibility index (Phi) is 4.22. The van der Waals surface area contributed by atoms with Gasteiger partial charge in [0.2, 0.25) is 0 Å². The molecule has 0 saturated carbocycles. The number of carbonyl (C=O) groups excluding carboxylic acids is 3. The molecule has 0 unspecified atom stereocenters. The van der Waals surface area contributed by atoms with Crippen molar-refractivity contribution in [1.82, 2.24) is 0 Å². The lowest BCUT2D eigenvalue weighted by Gasteiger charge is -2.15. The van der Waals surface area contributed by atoms with Crippen molar-refractivity contribution < 1.29 is 14.4 Å². The van der Waals surface area contributed by atoms with Crippen LogP contribution in [0.4, 0.5) is 5.69 Å². The van der Waals surface area contributed by atoms with Gasteiger partial charge in [0.15, 0.2) is 5.78 Å². The van der Waals surface area contributed by atoms with Crippen LogP contribution in [0.3, 0.4) is 0 Å². The molecule has 0 radical (unpaired) electrons. The Balaban J connectivity index is 1.77. The molecule has 0 atom stereocenters. The molecule has 0 bridgehead atoms. The van der Waals surface area contributed by atoms with Crippen LogP contribution >= 0.6 is 0 Å². The van der Waals surface area contributed by atoms with Crippen LogP contribution < -0.4 is 4.90 Å². The van der Waals surface area contributed by atoms with E-state index < -0.39 is 11.8 Å². The zero-order chi connectivity index (χ0) is 18.8. The molecule has 27 heavy (non-hydrogen) atoms. The van der Waals surface area contributed by atoms with Crippen molar-refractivity contribution in [3.8, 4) is 0 Å². The highest BCUT2D eigenvalue weighted by Crippen LogP contribution is 2.37. The van der Waals surface area contributed by atoms with E-state index in [1.165, 1.54) is 6.08 Å². The molecular weight excluding hydrogens is 338 g/mol. The molecule has 4 nitrogen and oxygen atoms in total. The van der Waals surface area contributed by atoms with Crippen LogP contribution in [0.5, 0.6) is 0 Å². The summed E-state index contributed by atoms with van der Waals surface area (Å²) in [6, 6.07) is 24.4. The summed E-state index contributed by atoms with van der Waals surface area (Å²) in [6.45, 7) is 0. The molecule has 0 saturated heterocycles. The molecular formula is C23H15NO3. The SMILES string of the molecule is O=C(/C=C1/C(=O)N(C(=O)c2ccccc2)c2ccccc21)c1ccccc1. The average Bonchev–Trinajstić information content (AvgIpc) is 3.00. The molecule has 3 aromatic rings. The first kappa shape index (κ1) is 16.7. The van der Waals surface area contributed by atoms with Gasteiger partial charge in [-0.15, -0.1) is 0 Å². The normalized spacial score (nSPS) is 14.3. The maximum absolute atomic E-state index is 13.0. The lowest BCUT2D eigenvalue weighted by molar-refractivity contribution is -0.112. The molecule has 4 heteroatoms. The van der Waals surface area contributed by atoms with Gasteiger partial charge in [-0.1, -0.05) is 66.7 Å². The van der Waals surface area contributed by atoms with Gasteiger partial charge in [0.25, 0.3) is 11.8 Å². The van der Waals surface area contributed by atoms with E-state index in [1.54, 1.807) is 78.9 Å². The topological polar surface area (TPSA) is 54.5 Å². The molecule has 0 spiro atoms. The Morgan fingerprint density at radius 3 is 1.93 bits per heavy atom. The fourth-order valence-electron chi connectivity index (χ4n) is 3.11.